The Bertz CT molecular complexity index is 4130. The fourth-order valence-corrected chi connectivity index (χ4v) is 17.7. The third-order valence-corrected chi connectivity index (χ3v) is 26.3. The minimum absolute atomic E-state index is 0. The Hall–Kier alpha value is -6.43. The van der Waals surface area contributed by atoms with Gasteiger partial charge in [-0.2, -0.15) is 0 Å². The molecule has 10 atom stereocenters. The number of aromatic nitrogens is 4. The lowest BCUT2D eigenvalue weighted by atomic mass is 9.89. The van der Waals surface area contributed by atoms with E-state index in [1.165, 1.54) is 23.6 Å². The van der Waals surface area contributed by atoms with Crippen LogP contribution in [-0.2, 0) is 71.2 Å². The highest BCUT2D eigenvalue weighted by Crippen LogP contribution is 2.62. The monoisotopic (exact) mass is 1520 g/mol. The summed E-state index contributed by atoms with van der Waals surface area (Å²) in [5, 5.41) is 0. The molecule has 103 heavy (non-hydrogen) atoms. The van der Waals surface area contributed by atoms with Crippen molar-refractivity contribution in [1.29, 1.82) is 0 Å². The van der Waals surface area contributed by atoms with Crippen LogP contribution >= 0.6 is 24.8 Å². The van der Waals surface area contributed by atoms with Crippen molar-refractivity contribution in [1.82, 2.24) is 39.2 Å². The first-order valence-corrected chi connectivity index (χ1v) is 38.8. The number of hydrogen-bond acceptors (Lipinski definition) is 19. The lowest BCUT2D eigenvalue weighted by molar-refractivity contribution is -0.159. The third-order valence-electron chi connectivity index (χ3n) is 22.0. The van der Waals surface area contributed by atoms with Gasteiger partial charge in [0.05, 0.1) is 80.0 Å². The van der Waals surface area contributed by atoms with Crippen LogP contribution in [0.15, 0.2) is 48.5 Å². The molecule has 4 aliphatic carbocycles. The zero-order valence-electron chi connectivity index (χ0n) is 59.5. The second kappa shape index (κ2) is 30.8. The molecule has 4 aliphatic heterocycles. The van der Waals surface area contributed by atoms with Crippen molar-refractivity contribution < 1.29 is 82.2 Å². The van der Waals surface area contributed by atoms with Crippen molar-refractivity contribution in [3.8, 4) is 11.8 Å². The summed E-state index contributed by atoms with van der Waals surface area (Å²) in [7, 11) is -8.19. The number of hydrogen-bond donors (Lipinski definition) is 3. The third kappa shape index (κ3) is 18.2. The number of ether oxygens (including phenoxy) is 3. The number of nitrogens with one attached hydrogen (secondary N) is 2. The Morgan fingerprint density at radius 2 is 0.961 bits per heavy atom. The number of nitrogens with zero attached hydrogens (tertiary/aromatic N) is 6. The number of carbonyl (C=O) groups excluding carboxylic acids is 7. The largest absolute Gasteiger partial charge is 0.471 e. The zero-order valence-corrected chi connectivity index (χ0v) is 62.7. The van der Waals surface area contributed by atoms with Crippen molar-refractivity contribution in [3.05, 3.63) is 59.9 Å². The number of esters is 1. The van der Waals surface area contributed by atoms with Gasteiger partial charge in [-0.05, 0) is 148 Å². The number of carbonyl (C=O) groups is 7. The van der Waals surface area contributed by atoms with Crippen LogP contribution in [0.4, 0.5) is 17.6 Å². The van der Waals surface area contributed by atoms with E-state index in [1.54, 1.807) is 26.8 Å². The molecule has 12 rings (SSSR count). The number of fused-ring (bicyclic) bond motifs is 6. The van der Waals surface area contributed by atoms with Crippen molar-refractivity contribution in [2.75, 3.05) is 13.1 Å². The molecule has 8 aliphatic rings. The van der Waals surface area contributed by atoms with E-state index in [0.717, 1.165) is 0 Å². The van der Waals surface area contributed by atoms with E-state index in [9.17, 15) is 50.4 Å². The predicted octanol–water partition coefficient (Wildman–Crippen LogP) is 10.5. The number of nitrogens with two attached hydrogens (primary N) is 1. The molecule has 8 fully saturated rings. The van der Waals surface area contributed by atoms with Crippen molar-refractivity contribution >= 4 is 108 Å². The van der Waals surface area contributed by atoms with Gasteiger partial charge in [0.25, 0.3) is 0 Å². The van der Waals surface area contributed by atoms with Gasteiger partial charge in [0.1, 0.15) is 29.2 Å². The molecule has 6 heterocycles. The van der Waals surface area contributed by atoms with E-state index in [2.05, 4.69) is 24.4 Å². The minimum atomic E-state index is -4.12. The number of benzene rings is 2. The van der Waals surface area contributed by atoms with E-state index in [-0.39, 0.29) is 102 Å². The summed E-state index contributed by atoms with van der Waals surface area (Å²) < 4.78 is 134. The van der Waals surface area contributed by atoms with Gasteiger partial charge in [0.2, 0.25) is 67.3 Å². The van der Waals surface area contributed by atoms with Gasteiger partial charge < -0.3 is 29.7 Å². The average molecular weight is 1520 g/mol. The fraction of sp³-hybridized carbons (Fsp3) is 0.681. The lowest BCUT2D eigenvalue weighted by Crippen LogP contribution is -2.50. The van der Waals surface area contributed by atoms with E-state index < -0.39 is 186 Å². The molecule has 31 heteroatoms. The molecule has 568 valence electrons. The fourth-order valence-electron chi connectivity index (χ4n) is 15.0. The van der Waals surface area contributed by atoms with Crippen LogP contribution in [0.1, 0.15) is 208 Å². The number of rotatable bonds is 14. The molecule has 0 unspecified atom stereocenters. The van der Waals surface area contributed by atoms with E-state index in [0.29, 0.717) is 104 Å². The normalized spacial score (nSPS) is 29.1. The SMILES string of the molecule is CCc1nc2ccccc2nc1O[C@@H]1C[C@H]2C(=O)C[C@]3(C(=O)NS(=O)(=O)C4(C)CC4)C[C@H]3CC(F)(F)CCCCC[C@H](CC(=O)OC(C)(C)C)C(=O)N2C1.CCc1nc2ccccc2nc1O[C@@H]1C[C@H]2C(=O)C[C@]3(C(=O)NS(=O)(=O)C4(C)CC4)C[C@H]3CC(F)(F)CCCCC[C@H](N)C(=O)N2C1.Cl.Cl. The zero-order chi connectivity index (χ0) is 73.0. The molecule has 0 bridgehead atoms. The Morgan fingerprint density at radius 1 is 0.573 bits per heavy atom. The first-order chi connectivity index (χ1) is 47.4. The van der Waals surface area contributed by atoms with Gasteiger partial charge in [-0.15, -0.1) is 24.8 Å². The topological polar surface area (TPSA) is 324 Å². The van der Waals surface area contributed by atoms with Gasteiger partial charge in [0, 0.05) is 57.3 Å². The molecule has 0 radical (unpaired) electrons. The first kappa shape index (κ1) is 80.7. The predicted molar refractivity (Wildman–Crippen MR) is 378 cm³/mol. The standard InChI is InChI=1S/C39H52F2N4O8S.C33H43F2N5O6S.2ClH/c1-6-27-33(43-29-14-10-9-13-28(29)42-27)52-26-19-30-31(46)22-38(35(49)44-54(50,51)37(5)16-17-37)20-25(38)21-39(40,41)15-11-7-8-12-24(34(48)45(30)23-26)18-32(47)53-36(2,3)4;1-3-23-28(38-25-11-7-6-10-24(25)37-23)46-21-15-26-27(41)18-32(30(43)39-47(44,45)31(2)13-14-31)16-20(32)17-33(34,35)12-8-4-5-9-22(36)29(42)40(26)19-21;;/h9-10,13-14,24-26,30H,6-8,11-12,15-23H2,1-5H3,(H,44,49);6-7,10-11,20-22,26H,3-5,8-9,12-19,36H2,1-2H3,(H,39,43);2*1H/t24-,25+,26-,30+,38-;20-,21+,22-,26-,32+;;/m10../s1. The maximum Gasteiger partial charge on any atom is 0.307 e. The molecular formula is C72H97Cl2F4N9O14S2. The summed E-state index contributed by atoms with van der Waals surface area (Å²) >= 11 is 0. The van der Waals surface area contributed by atoms with Crippen LogP contribution in [0.2, 0.25) is 0 Å². The highest BCUT2D eigenvalue weighted by atomic mass is 35.5. The number of aryl methyl sites for hydroxylation is 2. The van der Waals surface area contributed by atoms with Crippen LogP contribution in [0, 0.1) is 28.6 Å². The number of alkyl halides is 4. The average Bonchev–Trinajstić information content (AvgIpc) is 1.57. The summed E-state index contributed by atoms with van der Waals surface area (Å²) in [4.78, 5) is 119. The van der Waals surface area contributed by atoms with E-state index >= 15 is 17.6 Å². The van der Waals surface area contributed by atoms with Crippen LogP contribution < -0.4 is 24.7 Å². The molecule has 4 N–H and O–H groups in total. The summed E-state index contributed by atoms with van der Waals surface area (Å²) in [5.74, 6) is -12.9. The van der Waals surface area contributed by atoms with Crippen LogP contribution in [0.3, 0.4) is 0 Å². The number of ketones is 2. The molecule has 0 spiro atoms. The Labute approximate surface area is 611 Å². The Balaban J connectivity index is 0.000000237. The number of halogens is 6. The van der Waals surface area contributed by atoms with Gasteiger partial charge in [0.15, 0.2) is 11.6 Å². The molecule has 4 amide bonds. The Morgan fingerprint density at radius 3 is 1.35 bits per heavy atom. The van der Waals surface area contributed by atoms with Crippen molar-refractivity contribution in [3.63, 3.8) is 0 Å². The van der Waals surface area contributed by atoms with Gasteiger partial charge in [-0.1, -0.05) is 63.8 Å². The number of para-hydroxylation sites is 4. The van der Waals surface area contributed by atoms with E-state index in [1.807, 2.05) is 56.3 Å². The molecule has 2 aromatic heterocycles. The first-order valence-electron chi connectivity index (χ1n) is 35.8. The molecule has 4 saturated carbocycles. The summed E-state index contributed by atoms with van der Waals surface area (Å²) in [6.07, 6.45) is 0.171. The summed E-state index contributed by atoms with van der Waals surface area (Å²) in [5.41, 5.74) is 6.01. The van der Waals surface area contributed by atoms with Crippen molar-refractivity contribution in [2.24, 2.45) is 34.3 Å². The molecule has 4 saturated heterocycles. The lowest BCUT2D eigenvalue weighted by Gasteiger charge is -2.29. The molecule has 4 aromatic rings. The van der Waals surface area contributed by atoms with Gasteiger partial charge in [-0.3, -0.25) is 43.0 Å². The highest BCUT2D eigenvalue weighted by molar-refractivity contribution is 7.92. The summed E-state index contributed by atoms with van der Waals surface area (Å²) in [6, 6.07) is 11.5. The maximum absolute atomic E-state index is 15.4. The van der Waals surface area contributed by atoms with Crippen LogP contribution in [-0.4, -0.2) is 158 Å². The van der Waals surface area contributed by atoms with Crippen LogP contribution in [0.5, 0.6) is 11.8 Å². The smallest absolute Gasteiger partial charge is 0.307 e. The minimum Gasteiger partial charge on any atom is -0.471 e. The van der Waals surface area contributed by atoms with E-state index in [4.69, 9.17) is 24.9 Å². The number of amides is 4. The highest BCUT2D eigenvalue weighted by Gasteiger charge is 2.67. The maximum atomic E-state index is 15.4. The molecule has 23 nitrogen and oxygen atoms in total. The van der Waals surface area contributed by atoms with Crippen molar-refractivity contribution in [2.45, 2.75) is 266 Å². The Kier molecular flexibility index (Phi) is 24.1. The molecular weight excluding hydrogens is 1430 g/mol. The number of sulfonamides is 2. The van der Waals surface area contributed by atoms with Gasteiger partial charge in [-0.25, -0.2) is 54.3 Å². The molecule has 2 aromatic carbocycles. The number of Topliss-reactive ketones (excluding diaryl/α,β-unsaturated/α-hetero) is 2. The van der Waals surface area contributed by atoms with Crippen LogP contribution in [0.25, 0.3) is 22.1 Å². The van der Waals surface area contributed by atoms with Gasteiger partial charge >= 0.3 is 5.97 Å². The summed E-state index contributed by atoms with van der Waals surface area (Å²) in [6.45, 7) is 12.0. The quantitative estimate of drug-likeness (QED) is 0.0780. The second-order valence-corrected chi connectivity index (χ2v) is 35.6. The second-order valence-electron chi connectivity index (χ2n) is 31.2.